The van der Waals surface area contributed by atoms with E-state index in [-0.39, 0.29) is 5.91 Å². The van der Waals surface area contributed by atoms with Gasteiger partial charge in [-0.15, -0.1) is 0 Å². The van der Waals surface area contributed by atoms with Gasteiger partial charge in [0, 0.05) is 33.7 Å². The second-order valence-corrected chi connectivity index (χ2v) is 7.33. The van der Waals surface area contributed by atoms with Crippen molar-refractivity contribution in [2.75, 3.05) is 10.6 Å². The zero-order valence-electron chi connectivity index (χ0n) is 16.6. The molecule has 0 aliphatic heterocycles. The van der Waals surface area contributed by atoms with Gasteiger partial charge < -0.3 is 15.6 Å². The standard InChI is InChI=1S/C23H16ClN7O/c24-15-5-1-4-14(10-15)23(32)31-17-7-2-6-16(11-17)30-21-18(8-3-9-25-21)19-20-22(28-12-26-19)29-13-27-20/h1-13H,(H,25,30)(H,31,32)(H,26,27,28,29). The number of H-pyrrole nitrogens is 1. The van der Waals surface area contributed by atoms with Crippen LogP contribution < -0.4 is 10.6 Å². The first-order valence-electron chi connectivity index (χ1n) is 9.71. The number of hydrogen-bond donors (Lipinski definition) is 3. The van der Waals surface area contributed by atoms with Gasteiger partial charge in [0.2, 0.25) is 0 Å². The molecule has 0 saturated heterocycles. The molecule has 8 nitrogen and oxygen atoms in total. The van der Waals surface area contributed by atoms with Crippen LogP contribution in [0.5, 0.6) is 0 Å². The Balaban J connectivity index is 1.42. The number of aromatic nitrogens is 5. The Kier molecular flexibility index (Phi) is 5.19. The van der Waals surface area contributed by atoms with E-state index in [1.54, 1.807) is 36.8 Å². The van der Waals surface area contributed by atoms with Gasteiger partial charge in [0.25, 0.3) is 5.91 Å². The van der Waals surface area contributed by atoms with Crippen LogP contribution in [0.4, 0.5) is 17.2 Å². The molecule has 32 heavy (non-hydrogen) atoms. The lowest BCUT2D eigenvalue weighted by Gasteiger charge is -2.12. The van der Waals surface area contributed by atoms with E-state index in [1.807, 2.05) is 36.4 Å². The maximum absolute atomic E-state index is 12.5. The van der Waals surface area contributed by atoms with Gasteiger partial charge in [0.05, 0.1) is 6.33 Å². The van der Waals surface area contributed by atoms with Crippen LogP contribution in [0, 0.1) is 0 Å². The van der Waals surface area contributed by atoms with Crippen molar-refractivity contribution in [1.29, 1.82) is 0 Å². The summed E-state index contributed by atoms with van der Waals surface area (Å²) in [5.41, 5.74) is 4.65. The average molecular weight is 442 g/mol. The topological polar surface area (TPSA) is 108 Å². The van der Waals surface area contributed by atoms with Crippen molar-refractivity contribution < 1.29 is 4.79 Å². The second kappa shape index (κ2) is 8.44. The molecule has 0 aliphatic rings. The second-order valence-electron chi connectivity index (χ2n) is 6.89. The summed E-state index contributed by atoms with van der Waals surface area (Å²) >= 11 is 5.99. The molecule has 0 bridgehead atoms. The Hall–Kier alpha value is -4.30. The first kappa shape index (κ1) is 19.7. The quantitative estimate of drug-likeness (QED) is 0.351. The summed E-state index contributed by atoms with van der Waals surface area (Å²) < 4.78 is 0. The third-order valence-electron chi connectivity index (χ3n) is 4.76. The maximum Gasteiger partial charge on any atom is 0.255 e. The summed E-state index contributed by atoms with van der Waals surface area (Å²) in [6, 6.07) is 17.9. The summed E-state index contributed by atoms with van der Waals surface area (Å²) in [5, 5.41) is 6.71. The molecule has 0 radical (unpaired) electrons. The smallest absolute Gasteiger partial charge is 0.255 e. The minimum atomic E-state index is -0.245. The van der Waals surface area contributed by atoms with E-state index in [0.29, 0.717) is 33.4 Å². The normalized spacial score (nSPS) is 10.8. The van der Waals surface area contributed by atoms with Gasteiger partial charge in [0.1, 0.15) is 23.4 Å². The van der Waals surface area contributed by atoms with Gasteiger partial charge in [-0.1, -0.05) is 23.7 Å². The maximum atomic E-state index is 12.5. The molecule has 5 rings (SSSR count). The molecule has 3 N–H and O–H groups in total. The molecule has 0 saturated carbocycles. The highest BCUT2D eigenvalue weighted by Gasteiger charge is 2.14. The van der Waals surface area contributed by atoms with E-state index in [4.69, 9.17) is 11.6 Å². The number of hydrogen-bond acceptors (Lipinski definition) is 6. The number of carbonyl (C=O) groups excluding carboxylic acids is 1. The third-order valence-corrected chi connectivity index (χ3v) is 4.99. The fourth-order valence-corrected chi connectivity index (χ4v) is 3.50. The third kappa shape index (κ3) is 3.99. The fourth-order valence-electron chi connectivity index (χ4n) is 3.31. The first-order valence-corrected chi connectivity index (χ1v) is 10.1. The van der Waals surface area contributed by atoms with Gasteiger partial charge in [-0.3, -0.25) is 4.79 Å². The van der Waals surface area contributed by atoms with Gasteiger partial charge >= 0.3 is 0 Å². The molecule has 0 aliphatic carbocycles. The molecule has 0 spiro atoms. The predicted molar refractivity (Wildman–Crippen MR) is 124 cm³/mol. The Morgan fingerprint density at radius 1 is 0.906 bits per heavy atom. The molecule has 3 heterocycles. The van der Waals surface area contributed by atoms with Crippen molar-refractivity contribution >= 4 is 45.9 Å². The van der Waals surface area contributed by atoms with Crippen LogP contribution in [0.15, 0.2) is 79.5 Å². The summed E-state index contributed by atoms with van der Waals surface area (Å²) in [6.07, 6.45) is 4.75. The summed E-state index contributed by atoms with van der Waals surface area (Å²) in [5.74, 6) is 0.367. The number of anilines is 3. The Bertz CT molecular complexity index is 1430. The van der Waals surface area contributed by atoms with Gasteiger partial charge in [-0.2, -0.15) is 0 Å². The monoisotopic (exact) mass is 441 g/mol. The lowest BCUT2D eigenvalue weighted by molar-refractivity contribution is 0.102. The van der Waals surface area contributed by atoms with Crippen molar-refractivity contribution in [2.24, 2.45) is 0 Å². The van der Waals surface area contributed by atoms with E-state index in [0.717, 1.165) is 16.8 Å². The van der Waals surface area contributed by atoms with E-state index < -0.39 is 0 Å². The number of halogens is 1. The number of pyridine rings is 1. The number of nitrogens with one attached hydrogen (secondary N) is 3. The molecule has 2 aromatic carbocycles. The molecule has 0 unspecified atom stereocenters. The van der Waals surface area contributed by atoms with Crippen LogP contribution >= 0.6 is 11.6 Å². The SMILES string of the molecule is O=C(Nc1cccc(Nc2ncccc2-c2ncnc3nc[nH]c23)c1)c1cccc(Cl)c1. The minimum Gasteiger partial charge on any atom is -0.341 e. The van der Waals surface area contributed by atoms with Crippen LogP contribution in [0.25, 0.3) is 22.4 Å². The summed E-state index contributed by atoms with van der Waals surface area (Å²) in [7, 11) is 0. The Morgan fingerprint density at radius 2 is 1.78 bits per heavy atom. The molecular formula is C23H16ClN7O. The van der Waals surface area contributed by atoms with Gasteiger partial charge in [0.15, 0.2) is 5.65 Å². The Morgan fingerprint density at radius 3 is 2.69 bits per heavy atom. The average Bonchev–Trinajstić information content (AvgIpc) is 3.29. The number of fused-ring (bicyclic) bond motifs is 1. The fraction of sp³-hybridized carbons (Fsp3) is 0. The molecule has 156 valence electrons. The highest BCUT2D eigenvalue weighted by molar-refractivity contribution is 6.31. The van der Waals surface area contributed by atoms with Crippen LogP contribution in [-0.2, 0) is 0 Å². The molecular weight excluding hydrogens is 426 g/mol. The molecule has 5 aromatic rings. The summed E-state index contributed by atoms with van der Waals surface area (Å²) in [6.45, 7) is 0. The number of carbonyl (C=O) groups is 1. The van der Waals surface area contributed by atoms with Crippen LogP contribution in [0.1, 0.15) is 10.4 Å². The van der Waals surface area contributed by atoms with Crippen LogP contribution in [-0.4, -0.2) is 30.8 Å². The number of imidazole rings is 1. The van der Waals surface area contributed by atoms with Crippen molar-refractivity contribution in [3.8, 4) is 11.3 Å². The number of rotatable bonds is 5. The van der Waals surface area contributed by atoms with Crippen molar-refractivity contribution in [3.05, 3.63) is 90.1 Å². The number of aromatic amines is 1. The highest BCUT2D eigenvalue weighted by atomic mass is 35.5. The lowest BCUT2D eigenvalue weighted by atomic mass is 10.1. The van der Waals surface area contributed by atoms with Gasteiger partial charge in [-0.25, -0.2) is 19.9 Å². The van der Waals surface area contributed by atoms with Crippen molar-refractivity contribution in [3.63, 3.8) is 0 Å². The predicted octanol–water partition coefficient (Wildman–Crippen LogP) is 5.06. The largest absolute Gasteiger partial charge is 0.341 e. The summed E-state index contributed by atoms with van der Waals surface area (Å²) in [4.78, 5) is 32.9. The van der Waals surface area contributed by atoms with E-state index in [1.165, 1.54) is 6.33 Å². The van der Waals surface area contributed by atoms with Crippen molar-refractivity contribution in [2.45, 2.75) is 0 Å². The zero-order chi connectivity index (χ0) is 21.9. The highest BCUT2D eigenvalue weighted by Crippen LogP contribution is 2.30. The number of benzene rings is 2. The molecule has 0 atom stereocenters. The molecule has 9 heteroatoms. The number of nitrogens with zero attached hydrogens (tertiary/aromatic N) is 4. The molecule has 3 aromatic heterocycles. The van der Waals surface area contributed by atoms with Crippen LogP contribution in [0.2, 0.25) is 5.02 Å². The van der Waals surface area contributed by atoms with Crippen LogP contribution in [0.3, 0.4) is 0 Å². The van der Waals surface area contributed by atoms with E-state index in [9.17, 15) is 4.79 Å². The van der Waals surface area contributed by atoms with E-state index >= 15 is 0 Å². The number of amides is 1. The molecule has 0 fully saturated rings. The van der Waals surface area contributed by atoms with E-state index in [2.05, 4.69) is 35.6 Å². The Labute approximate surface area is 187 Å². The van der Waals surface area contributed by atoms with Gasteiger partial charge in [-0.05, 0) is 48.5 Å². The lowest BCUT2D eigenvalue weighted by Crippen LogP contribution is -2.11. The minimum absolute atomic E-state index is 0.245. The van der Waals surface area contributed by atoms with Crippen molar-refractivity contribution in [1.82, 2.24) is 24.9 Å². The first-order chi connectivity index (χ1) is 15.7. The molecule has 1 amide bonds. The zero-order valence-corrected chi connectivity index (χ0v) is 17.3.